The summed E-state index contributed by atoms with van der Waals surface area (Å²) in [5, 5.41) is 19.8. The van der Waals surface area contributed by atoms with Gasteiger partial charge in [0.1, 0.15) is 11.3 Å². The van der Waals surface area contributed by atoms with Crippen LogP contribution in [0, 0.1) is 0 Å². The van der Waals surface area contributed by atoms with Gasteiger partial charge in [0.15, 0.2) is 11.3 Å². The van der Waals surface area contributed by atoms with Gasteiger partial charge in [-0.15, -0.1) is 0 Å². The number of ether oxygens (including phenoxy) is 1. The van der Waals surface area contributed by atoms with E-state index in [0.29, 0.717) is 5.16 Å². The number of esters is 1. The first-order valence-corrected chi connectivity index (χ1v) is 6.70. The molecule has 0 saturated heterocycles. The Kier molecular flexibility index (Phi) is 5.80. The van der Waals surface area contributed by atoms with Crippen LogP contribution in [-0.2, 0) is 9.53 Å². The highest BCUT2D eigenvalue weighted by molar-refractivity contribution is 7.98. The van der Waals surface area contributed by atoms with Crippen LogP contribution in [-0.4, -0.2) is 45.1 Å². The van der Waals surface area contributed by atoms with Crippen molar-refractivity contribution >= 4 is 29.3 Å². The summed E-state index contributed by atoms with van der Waals surface area (Å²) in [5.74, 6) is -0.921. The van der Waals surface area contributed by atoms with Gasteiger partial charge in [-0.1, -0.05) is 23.4 Å². The molecule has 2 N–H and O–H groups in total. The Labute approximate surface area is 113 Å². The predicted octanol–water partition coefficient (Wildman–Crippen LogP) is 0.809. The van der Waals surface area contributed by atoms with Crippen LogP contribution in [0.15, 0.2) is 11.4 Å². The Balaban J connectivity index is 2.89. The first-order valence-electron chi connectivity index (χ1n) is 5.10. The lowest BCUT2D eigenvalue weighted by atomic mass is 10.1. The minimum absolute atomic E-state index is 0.00908. The summed E-state index contributed by atoms with van der Waals surface area (Å²) in [6.45, 7) is 1.71. The van der Waals surface area contributed by atoms with Crippen molar-refractivity contribution in [2.45, 2.75) is 24.3 Å². The van der Waals surface area contributed by atoms with Crippen molar-refractivity contribution in [1.29, 1.82) is 0 Å². The number of nitrogens with zero attached hydrogens (tertiary/aromatic N) is 2. The Bertz CT molecular complexity index is 432. The van der Waals surface area contributed by atoms with E-state index in [1.165, 1.54) is 18.0 Å². The van der Waals surface area contributed by atoms with E-state index in [2.05, 4.69) is 14.7 Å². The van der Waals surface area contributed by atoms with E-state index in [4.69, 9.17) is 11.6 Å². The quantitative estimate of drug-likeness (QED) is 0.359. The summed E-state index contributed by atoms with van der Waals surface area (Å²) in [5.41, 5.74) is 0.0787. The summed E-state index contributed by atoms with van der Waals surface area (Å²) in [6, 6.07) is 0. The van der Waals surface area contributed by atoms with E-state index in [9.17, 15) is 15.0 Å². The summed E-state index contributed by atoms with van der Waals surface area (Å²) in [7, 11) is 0. The molecule has 0 fully saturated rings. The summed E-state index contributed by atoms with van der Waals surface area (Å²) in [4.78, 5) is 19.1. The smallest absolute Gasteiger partial charge is 0.338 e. The van der Waals surface area contributed by atoms with E-state index in [-0.39, 0.29) is 17.3 Å². The molecule has 0 spiro atoms. The van der Waals surface area contributed by atoms with E-state index in [1.807, 2.05) is 0 Å². The van der Waals surface area contributed by atoms with Gasteiger partial charge in [0.05, 0.1) is 6.61 Å². The number of carbonyl (C=O) groups is 1. The highest BCUT2D eigenvalue weighted by Gasteiger charge is 2.29. The number of hydrogen-bond acceptors (Lipinski definition) is 7. The van der Waals surface area contributed by atoms with Crippen molar-refractivity contribution in [3.63, 3.8) is 0 Å². The molecule has 0 aromatic carbocycles. The molecule has 1 rings (SSSR count). The number of halogens is 1. The second-order valence-corrected chi connectivity index (χ2v) is 4.38. The van der Waals surface area contributed by atoms with Crippen molar-refractivity contribution in [2.75, 3.05) is 12.9 Å². The van der Waals surface area contributed by atoms with Crippen molar-refractivity contribution in [3.8, 4) is 0 Å². The second-order valence-electron chi connectivity index (χ2n) is 3.24. The van der Waals surface area contributed by atoms with E-state index in [1.54, 1.807) is 13.2 Å². The van der Waals surface area contributed by atoms with Gasteiger partial charge in [0, 0.05) is 11.8 Å². The zero-order chi connectivity index (χ0) is 13.7. The maximum atomic E-state index is 11.3. The van der Waals surface area contributed by atoms with Crippen molar-refractivity contribution in [2.24, 2.45) is 0 Å². The Morgan fingerprint density at radius 1 is 1.61 bits per heavy atom. The molecule has 2 unspecified atom stereocenters. The average molecular weight is 293 g/mol. The fourth-order valence-electron chi connectivity index (χ4n) is 1.18. The minimum atomic E-state index is -1.72. The van der Waals surface area contributed by atoms with E-state index >= 15 is 0 Å². The molecule has 0 amide bonds. The first kappa shape index (κ1) is 15.2. The van der Waals surface area contributed by atoms with Crippen LogP contribution in [0.3, 0.4) is 0 Å². The maximum absolute atomic E-state index is 11.3. The lowest BCUT2D eigenvalue weighted by Gasteiger charge is -2.17. The SMILES string of the molecule is CCOC(=O)C(O)C(O)c1cnc(SC)nc1Cl. The summed E-state index contributed by atoms with van der Waals surface area (Å²) >= 11 is 7.12. The third-order valence-corrected chi connectivity index (χ3v) is 2.94. The van der Waals surface area contributed by atoms with Crippen LogP contribution < -0.4 is 0 Å². The largest absolute Gasteiger partial charge is 0.464 e. The van der Waals surface area contributed by atoms with Gasteiger partial charge in [0.25, 0.3) is 0 Å². The van der Waals surface area contributed by atoms with Gasteiger partial charge in [-0.25, -0.2) is 14.8 Å². The third kappa shape index (κ3) is 3.55. The van der Waals surface area contributed by atoms with Crippen molar-refractivity contribution < 1.29 is 19.7 Å². The van der Waals surface area contributed by atoms with Gasteiger partial charge < -0.3 is 14.9 Å². The standard InChI is InChI=1S/C10H13ClN2O4S/c1-3-17-9(16)7(15)6(14)5-4-12-10(18-2)13-8(5)11/h4,6-7,14-15H,3H2,1-2H3. The molecule has 0 aliphatic heterocycles. The molecule has 0 bridgehead atoms. The number of aromatic nitrogens is 2. The molecule has 0 aliphatic carbocycles. The van der Waals surface area contributed by atoms with Gasteiger partial charge in [-0.3, -0.25) is 0 Å². The molecule has 0 radical (unpaired) electrons. The average Bonchev–Trinajstić information content (AvgIpc) is 2.37. The van der Waals surface area contributed by atoms with E-state index in [0.717, 1.165) is 0 Å². The zero-order valence-corrected chi connectivity index (χ0v) is 11.4. The Hall–Kier alpha value is -0.890. The number of thioether (sulfide) groups is 1. The molecule has 1 heterocycles. The number of aliphatic hydroxyl groups excluding tert-OH is 2. The number of rotatable bonds is 5. The lowest BCUT2D eigenvalue weighted by Crippen LogP contribution is -2.30. The molecule has 1 aromatic heterocycles. The van der Waals surface area contributed by atoms with Crippen LogP contribution in [0.2, 0.25) is 5.15 Å². The monoisotopic (exact) mass is 292 g/mol. The molecule has 1 aromatic rings. The third-order valence-electron chi connectivity index (χ3n) is 2.07. The molecule has 6 nitrogen and oxygen atoms in total. The van der Waals surface area contributed by atoms with Crippen LogP contribution in [0.1, 0.15) is 18.6 Å². The van der Waals surface area contributed by atoms with Gasteiger partial charge in [-0.2, -0.15) is 0 Å². The van der Waals surface area contributed by atoms with Crippen LogP contribution in [0.5, 0.6) is 0 Å². The Morgan fingerprint density at radius 3 is 2.78 bits per heavy atom. The maximum Gasteiger partial charge on any atom is 0.338 e. The van der Waals surface area contributed by atoms with Crippen LogP contribution in [0.4, 0.5) is 0 Å². The van der Waals surface area contributed by atoms with E-state index < -0.39 is 18.2 Å². The highest BCUT2D eigenvalue weighted by Crippen LogP contribution is 2.25. The first-order chi connectivity index (χ1) is 8.51. The van der Waals surface area contributed by atoms with Gasteiger partial charge >= 0.3 is 5.97 Å². The van der Waals surface area contributed by atoms with Gasteiger partial charge in [-0.05, 0) is 13.2 Å². The summed E-state index contributed by atoms with van der Waals surface area (Å²) in [6.07, 6.45) is -0.192. The molecule has 0 aliphatic rings. The van der Waals surface area contributed by atoms with Gasteiger partial charge in [0.2, 0.25) is 0 Å². The second kappa shape index (κ2) is 6.89. The molecular formula is C10H13ClN2O4S. The lowest BCUT2D eigenvalue weighted by molar-refractivity contribution is -0.159. The molecule has 2 atom stereocenters. The van der Waals surface area contributed by atoms with Crippen LogP contribution >= 0.6 is 23.4 Å². The normalized spacial score (nSPS) is 14.1. The fraction of sp³-hybridized carbons (Fsp3) is 0.500. The number of carbonyl (C=O) groups excluding carboxylic acids is 1. The molecule has 0 saturated carbocycles. The van der Waals surface area contributed by atoms with Crippen LogP contribution in [0.25, 0.3) is 0 Å². The topological polar surface area (TPSA) is 92.5 Å². The Morgan fingerprint density at radius 2 is 2.28 bits per heavy atom. The fourth-order valence-corrected chi connectivity index (χ4v) is 1.81. The molecule has 18 heavy (non-hydrogen) atoms. The molecular weight excluding hydrogens is 280 g/mol. The summed E-state index contributed by atoms with van der Waals surface area (Å²) < 4.78 is 4.59. The molecule has 8 heteroatoms. The zero-order valence-electron chi connectivity index (χ0n) is 9.83. The van der Waals surface area contributed by atoms with Crippen molar-refractivity contribution in [3.05, 3.63) is 16.9 Å². The van der Waals surface area contributed by atoms with Crippen molar-refractivity contribution in [1.82, 2.24) is 9.97 Å². The number of aliphatic hydroxyl groups is 2. The highest BCUT2D eigenvalue weighted by atomic mass is 35.5. The number of hydrogen-bond donors (Lipinski definition) is 2. The minimum Gasteiger partial charge on any atom is -0.464 e. The predicted molar refractivity (Wildman–Crippen MR) is 66.4 cm³/mol. The molecule has 100 valence electrons.